The number of hydrogen-bond donors (Lipinski definition) is 2. The fourth-order valence-corrected chi connectivity index (χ4v) is 4.95. The number of nitrogens with zero attached hydrogens (tertiary/aromatic N) is 1. The summed E-state index contributed by atoms with van der Waals surface area (Å²) < 4.78 is 24.4. The Bertz CT molecular complexity index is 644. The number of halogens is 1. The van der Waals surface area contributed by atoms with Gasteiger partial charge in [-0.1, -0.05) is 56.0 Å². The Morgan fingerprint density at radius 3 is 2.33 bits per heavy atom. The van der Waals surface area contributed by atoms with Gasteiger partial charge in [0.05, 0.1) is 11.5 Å². The van der Waals surface area contributed by atoms with Gasteiger partial charge in [-0.05, 0) is 30.7 Å². The Balaban J connectivity index is 0.00000364. The fourth-order valence-electron chi connectivity index (χ4n) is 3.52. The van der Waals surface area contributed by atoms with Gasteiger partial charge in [-0.25, -0.2) is 8.42 Å². The monoisotopic (exact) mass is 507 g/mol. The summed E-state index contributed by atoms with van der Waals surface area (Å²) in [7, 11) is -1.32. The molecule has 1 fully saturated rings. The summed E-state index contributed by atoms with van der Waals surface area (Å²) in [5.74, 6) is 1.98. The predicted octanol–water partition coefficient (Wildman–Crippen LogP) is 3.74. The lowest BCUT2D eigenvalue weighted by atomic mass is 10.0. The Hall–Kier alpha value is -0.830. The molecule has 2 rings (SSSR count). The van der Waals surface area contributed by atoms with E-state index in [9.17, 15) is 8.42 Å². The van der Waals surface area contributed by atoms with Gasteiger partial charge >= 0.3 is 0 Å². The van der Waals surface area contributed by atoms with E-state index in [0.717, 1.165) is 30.4 Å². The fraction of sp³-hybridized carbons (Fsp3) is 0.650. The molecular formula is C20H34IN3O2S. The van der Waals surface area contributed by atoms with E-state index in [-0.39, 0.29) is 35.5 Å². The molecule has 1 saturated carbocycles. The van der Waals surface area contributed by atoms with Crippen LogP contribution in [0.4, 0.5) is 0 Å². The van der Waals surface area contributed by atoms with Gasteiger partial charge in [-0.3, -0.25) is 4.99 Å². The maximum atomic E-state index is 12.2. The summed E-state index contributed by atoms with van der Waals surface area (Å²) in [6, 6.07) is 9.34. The Morgan fingerprint density at radius 2 is 1.70 bits per heavy atom. The molecule has 2 N–H and O–H groups in total. The molecule has 0 unspecified atom stereocenters. The zero-order valence-electron chi connectivity index (χ0n) is 16.3. The quantitative estimate of drug-likeness (QED) is 0.219. The van der Waals surface area contributed by atoms with Gasteiger partial charge < -0.3 is 10.6 Å². The van der Waals surface area contributed by atoms with Gasteiger partial charge in [-0.2, -0.15) is 0 Å². The van der Waals surface area contributed by atoms with Gasteiger partial charge in [-0.15, -0.1) is 24.0 Å². The SMILES string of the molecule is CN=C(NCCCC1CCCC1)NCCCS(=O)(=O)Cc1ccccc1.I. The molecule has 27 heavy (non-hydrogen) atoms. The molecule has 0 amide bonds. The Labute approximate surface area is 181 Å². The number of guanidine groups is 1. The summed E-state index contributed by atoms with van der Waals surface area (Å²) in [4.78, 5) is 4.20. The van der Waals surface area contributed by atoms with Crippen LogP contribution < -0.4 is 10.6 Å². The molecule has 154 valence electrons. The highest BCUT2D eigenvalue weighted by atomic mass is 127. The highest BCUT2D eigenvalue weighted by Gasteiger charge is 2.14. The molecule has 0 aliphatic heterocycles. The smallest absolute Gasteiger partial charge is 0.190 e. The van der Waals surface area contributed by atoms with Crippen LogP contribution in [0.5, 0.6) is 0 Å². The summed E-state index contributed by atoms with van der Waals surface area (Å²) >= 11 is 0. The second kappa shape index (κ2) is 13.4. The summed E-state index contributed by atoms with van der Waals surface area (Å²) in [5.41, 5.74) is 0.847. The van der Waals surface area contributed by atoms with Gasteiger partial charge in [0.15, 0.2) is 15.8 Å². The number of hydrogen-bond acceptors (Lipinski definition) is 3. The maximum Gasteiger partial charge on any atom is 0.190 e. The second-order valence-corrected chi connectivity index (χ2v) is 9.33. The molecule has 0 radical (unpaired) electrons. The van der Waals surface area contributed by atoms with E-state index in [1.807, 2.05) is 30.3 Å². The first-order chi connectivity index (χ1) is 12.6. The number of aliphatic imine (C=N–C) groups is 1. The average Bonchev–Trinajstić information content (AvgIpc) is 3.14. The number of rotatable bonds is 10. The molecule has 0 heterocycles. The van der Waals surface area contributed by atoms with Gasteiger partial charge in [0, 0.05) is 20.1 Å². The first-order valence-electron chi connectivity index (χ1n) is 9.78. The molecule has 1 aromatic rings. The zero-order chi connectivity index (χ0) is 18.7. The van der Waals surface area contributed by atoms with Crippen molar-refractivity contribution in [2.24, 2.45) is 10.9 Å². The van der Waals surface area contributed by atoms with Crippen molar-refractivity contribution in [2.45, 2.75) is 50.7 Å². The number of sulfone groups is 1. The third-order valence-electron chi connectivity index (χ3n) is 4.93. The van der Waals surface area contributed by atoms with Crippen LogP contribution in [0.15, 0.2) is 35.3 Å². The van der Waals surface area contributed by atoms with Gasteiger partial charge in [0.2, 0.25) is 0 Å². The zero-order valence-corrected chi connectivity index (χ0v) is 19.5. The van der Waals surface area contributed by atoms with Crippen LogP contribution in [-0.4, -0.2) is 40.3 Å². The van der Waals surface area contributed by atoms with Gasteiger partial charge in [0.1, 0.15) is 0 Å². The molecular weight excluding hydrogens is 473 g/mol. The van der Waals surface area contributed by atoms with Gasteiger partial charge in [0.25, 0.3) is 0 Å². The van der Waals surface area contributed by atoms with E-state index in [1.54, 1.807) is 7.05 Å². The molecule has 0 saturated heterocycles. The topological polar surface area (TPSA) is 70.6 Å². The first-order valence-corrected chi connectivity index (χ1v) is 11.6. The summed E-state index contributed by atoms with van der Waals surface area (Å²) in [6.07, 6.45) is 8.62. The molecule has 5 nitrogen and oxygen atoms in total. The van der Waals surface area contributed by atoms with Crippen LogP contribution >= 0.6 is 24.0 Å². The minimum Gasteiger partial charge on any atom is -0.356 e. The van der Waals surface area contributed by atoms with E-state index in [0.29, 0.717) is 13.0 Å². The Morgan fingerprint density at radius 1 is 1.07 bits per heavy atom. The first kappa shape index (κ1) is 24.2. The van der Waals surface area contributed by atoms with Crippen molar-refractivity contribution in [1.82, 2.24) is 10.6 Å². The third-order valence-corrected chi connectivity index (χ3v) is 6.62. The summed E-state index contributed by atoms with van der Waals surface area (Å²) in [6.45, 7) is 1.53. The predicted molar refractivity (Wildman–Crippen MR) is 125 cm³/mol. The molecule has 1 aliphatic carbocycles. The number of benzene rings is 1. The van der Waals surface area contributed by atoms with E-state index in [4.69, 9.17) is 0 Å². The molecule has 1 aliphatic rings. The molecule has 0 aromatic heterocycles. The van der Waals surface area contributed by atoms with Crippen LogP contribution in [0.3, 0.4) is 0 Å². The van der Waals surface area contributed by atoms with Crippen molar-refractivity contribution < 1.29 is 8.42 Å². The molecule has 0 atom stereocenters. The third kappa shape index (κ3) is 10.3. The van der Waals surface area contributed by atoms with Crippen molar-refractivity contribution in [3.63, 3.8) is 0 Å². The molecule has 7 heteroatoms. The van der Waals surface area contributed by atoms with Crippen molar-refractivity contribution in [3.8, 4) is 0 Å². The number of nitrogens with one attached hydrogen (secondary N) is 2. The van der Waals surface area contributed by atoms with Crippen molar-refractivity contribution in [1.29, 1.82) is 0 Å². The lowest BCUT2D eigenvalue weighted by Crippen LogP contribution is -2.38. The largest absolute Gasteiger partial charge is 0.356 e. The lowest BCUT2D eigenvalue weighted by Gasteiger charge is -2.13. The van der Waals surface area contributed by atoms with Crippen LogP contribution in [0.25, 0.3) is 0 Å². The van der Waals surface area contributed by atoms with Crippen molar-refractivity contribution >= 4 is 39.8 Å². The van der Waals surface area contributed by atoms with E-state index < -0.39 is 9.84 Å². The minimum absolute atomic E-state index is 0. The molecule has 0 bridgehead atoms. The standard InChI is InChI=1S/C20H33N3O2S.HI/c1-21-20(22-14-7-13-18-9-5-6-10-18)23-15-8-16-26(24,25)17-19-11-3-2-4-12-19;/h2-4,11-12,18H,5-10,13-17H2,1H3,(H2,21,22,23);1H. The Kier molecular flexibility index (Phi) is 12.0. The van der Waals surface area contributed by atoms with E-state index >= 15 is 0 Å². The second-order valence-electron chi connectivity index (χ2n) is 7.15. The summed E-state index contributed by atoms with van der Waals surface area (Å²) in [5, 5.41) is 6.53. The van der Waals surface area contributed by atoms with Crippen LogP contribution in [-0.2, 0) is 15.6 Å². The molecule has 1 aromatic carbocycles. The van der Waals surface area contributed by atoms with E-state index in [1.165, 1.54) is 32.1 Å². The van der Waals surface area contributed by atoms with Crippen molar-refractivity contribution in [2.75, 3.05) is 25.9 Å². The maximum absolute atomic E-state index is 12.2. The van der Waals surface area contributed by atoms with Crippen LogP contribution in [0.2, 0.25) is 0 Å². The molecule has 0 spiro atoms. The average molecular weight is 507 g/mol. The highest BCUT2D eigenvalue weighted by molar-refractivity contribution is 14.0. The van der Waals surface area contributed by atoms with E-state index in [2.05, 4.69) is 15.6 Å². The highest BCUT2D eigenvalue weighted by Crippen LogP contribution is 2.28. The normalized spacial score (nSPS) is 15.4. The van der Waals surface area contributed by atoms with Crippen molar-refractivity contribution in [3.05, 3.63) is 35.9 Å². The van der Waals surface area contributed by atoms with Crippen LogP contribution in [0, 0.1) is 5.92 Å². The van der Waals surface area contributed by atoms with Crippen LogP contribution in [0.1, 0.15) is 50.5 Å². The lowest BCUT2D eigenvalue weighted by molar-refractivity contribution is 0.481. The minimum atomic E-state index is -3.07.